The van der Waals surface area contributed by atoms with E-state index in [2.05, 4.69) is 42.6 Å². The maximum atomic E-state index is 12.5. The molecular weight excluding hydrogens is 238 g/mol. The van der Waals surface area contributed by atoms with Crippen molar-refractivity contribution in [2.24, 2.45) is 5.92 Å². The maximum Gasteiger partial charge on any atom is 0.225 e. The summed E-state index contributed by atoms with van der Waals surface area (Å²) in [7, 11) is 4.22. The molecule has 4 heteroatoms. The minimum atomic E-state index is 0.274. The lowest BCUT2D eigenvalue weighted by atomic mass is 9.94. The van der Waals surface area contributed by atoms with Crippen LogP contribution in [-0.4, -0.2) is 73.0 Å². The van der Waals surface area contributed by atoms with Crippen molar-refractivity contribution in [2.75, 3.05) is 40.3 Å². The van der Waals surface area contributed by atoms with E-state index in [1.165, 1.54) is 0 Å². The zero-order valence-corrected chi connectivity index (χ0v) is 12.9. The third kappa shape index (κ3) is 3.48. The Morgan fingerprint density at radius 3 is 2.21 bits per heavy atom. The molecule has 2 aliphatic rings. The van der Waals surface area contributed by atoms with Crippen LogP contribution >= 0.6 is 0 Å². The zero-order chi connectivity index (χ0) is 14.0. The van der Waals surface area contributed by atoms with E-state index in [1.807, 2.05) is 0 Å². The quantitative estimate of drug-likeness (QED) is 0.770. The Hall–Kier alpha value is -0.610. The highest BCUT2D eigenvalue weighted by Crippen LogP contribution is 2.23. The number of carbonyl (C=O) groups is 1. The summed E-state index contributed by atoms with van der Waals surface area (Å²) in [6.07, 6.45) is 3.21. The molecule has 2 fully saturated rings. The molecule has 0 radical (unpaired) electrons. The topological polar surface area (TPSA) is 26.8 Å². The third-order valence-electron chi connectivity index (χ3n) is 4.81. The molecule has 0 aliphatic carbocycles. The van der Waals surface area contributed by atoms with Crippen LogP contribution in [0.5, 0.6) is 0 Å². The van der Waals surface area contributed by atoms with Crippen molar-refractivity contribution in [3.63, 3.8) is 0 Å². The molecule has 1 amide bonds. The van der Waals surface area contributed by atoms with Crippen molar-refractivity contribution in [1.29, 1.82) is 0 Å². The van der Waals surface area contributed by atoms with Gasteiger partial charge in [-0.15, -0.1) is 0 Å². The van der Waals surface area contributed by atoms with Crippen molar-refractivity contribution in [3.05, 3.63) is 0 Å². The summed E-state index contributed by atoms with van der Waals surface area (Å²) in [5.74, 6) is 0.684. The van der Waals surface area contributed by atoms with E-state index in [-0.39, 0.29) is 5.92 Å². The van der Waals surface area contributed by atoms with Crippen LogP contribution in [-0.2, 0) is 4.79 Å². The normalized spacial score (nSPS) is 26.6. The molecule has 0 aromatic heterocycles. The fourth-order valence-electron chi connectivity index (χ4n) is 3.28. The second kappa shape index (κ2) is 6.23. The number of rotatable bonds is 3. The fraction of sp³-hybridized carbons (Fsp3) is 0.933. The van der Waals surface area contributed by atoms with E-state index < -0.39 is 0 Å². The van der Waals surface area contributed by atoms with E-state index in [1.54, 1.807) is 0 Å². The van der Waals surface area contributed by atoms with Crippen molar-refractivity contribution >= 4 is 5.91 Å². The lowest BCUT2D eigenvalue weighted by Gasteiger charge is -2.35. The van der Waals surface area contributed by atoms with Gasteiger partial charge in [0.05, 0.1) is 0 Å². The van der Waals surface area contributed by atoms with E-state index in [9.17, 15) is 4.79 Å². The lowest BCUT2D eigenvalue weighted by Crippen LogP contribution is -2.44. The molecule has 4 nitrogen and oxygen atoms in total. The Labute approximate surface area is 117 Å². The van der Waals surface area contributed by atoms with Gasteiger partial charge >= 0.3 is 0 Å². The van der Waals surface area contributed by atoms with Gasteiger partial charge in [0.25, 0.3) is 0 Å². The number of hydrogen-bond donors (Lipinski definition) is 0. The van der Waals surface area contributed by atoms with Gasteiger partial charge in [-0.25, -0.2) is 0 Å². The zero-order valence-electron chi connectivity index (χ0n) is 12.9. The minimum Gasteiger partial charge on any atom is -0.341 e. The van der Waals surface area contributed by atoms with Gasteiger partial charge in [0.1, 0.15) is 0 Å². The number of amides is 1. The summed E-state index contributed by atoms with van der Waals surface area (Å²) >= 11 is 0. The number of hydrogen-bond acceptors (Lipinski definition) is 3. The Morgan fingerprint density at radius 1 is 1.11 bits per heavy atom. The van der Waals surface area contributed by atoms with Crippen LogP contribution in [0.1, 0.15) is 33.1 Å². The monoisotopic (exact) mass is 267 g/mol. The summed E-state index contributed by atoms with van der Waals surface area (Å²) in [6.45, 7) is 8.52. The van der Waals surface area contributed by atoms with Gasteiger partial charge in [-0.05, 0) is 60.3 Å². The largest absolute Gasteiger partial charge is 0.341 e. The summed E-state index contributed by atoms with van der Waals surface area (Å²) in [5, 5.41) is 0. The standard InChI is InChI=1S/C15H29N3O/c1-12(2)17-8-5-13(6-9-17)15(19)18-10-7-14(11-18)16(3)4/h12-14H,5-11H2,1-4H3. The highest BCUT2D eigenvalue weighted by atomic mass is 16.2. The molecule has 2 aliphatic heterocycles. The number of carbonyl (C=O) groups excluding carboxylic acids is 1. The van der Waals surface area contributed by atoms with Crippen molar-refractivity contribution in [1.82, 2.24) is 14.7 Å². The lowest BCUT2D eigenvalue weighted by molar-refractivity contribution is -0.136. The summed E-state index contributed by atoms with van der Waals surface area (Å²) in [5.41, 5.74) is 0. The molecule has 0 spiro atoms. The Balaban J connectivity index is 1.82. The van der Waals surface area contributed by atoms with Crippen molar-refractivity contribution in [3.8, 4) is 0 Å². The fourth-order valence-corrected chi connectivity index (χ4v) is 3.28. The van der Waals surface area contributed by atoms with Gasteiger partial charge in [-0.2, -0.15) is 0 Å². The second-order valence-electron chi connectivity index (χ2n) is 6.59. The third-order valence-corrected chi connectivity index (χ3v) is 4.81. The highest BCUT2D eigenvalue weighted by Gasteiger charge is 2.33. The van der Waals surface area contributed by atoms with Gasteiger partial charge in [0.15, 0.2) is 0 Å². The van der Waals surface area contributed by atoms with E-state index in [0.717, 1.165) is 45.4 Å². The van der Waals surface area contributed by atoms with Crippen LogP contribution in [0.4, 0.5) is 0 Å². The first-order valence-electron chi connectivity index (χ1n) is 7.68. The molecule has 0 aromatic rings. The molecule has 0 saturated carbocycles. The molecule has 2 saturated heterocycles. The molecular formula is C15H29N3O. The van der Waals surface area contributed by atoms with E-state index in [4.69, 9.17) is 0 Å². The second-order valence-corrected chi connectivity index (χ2v) is 6.59. The average molecular weight is 267 g/mol. The molecule has 19 heavy (non-hydrogen) atoms. The van der Waals surface area contributed by atoms with Crippen LogP contribution in [0.2, 0.25) is 0 Å². The van der Waals surface area contributed by atoms with Gasteiger partial charge in [-0.3, -0.25) is 4.79 Å². The summed E-state index contributed by atoms with van der Waals surface area (Å²) in [4.78, 5) is 19.4. The van der Waals surface area contributed by atoms with Gasteiger partial charge in [0, 0.05) is 31.1 Å². The number of piperidine rings is 1. The molecule has 0 bridgehead atoms. The van der Waals surface area contributed by atoms with Crippen LogP contribution in [0.3, 0.4) is 0 Å². The molecule has 1 atom stereocenters. The van der Waals surface area contributed by atoms with Crippen molar-refractivity contribution in [2.45, 2.75) is 45.2 Å². The highest BCUT2D eigenvalue weighted by molar-refractivity contribution is 5.79. The van der Waals surface area contributed by atoms with E-state index >= 15 is 0 Å². The molecule has 0 N–H and O–H groups in total. The van der Waals surface area contributed by atoms with Gasteiger partial charge in [0.2, 0.25) is 5.91 Å². The predicted octanol–water partition coefficient (Wildman–Crippen LogP) is 1.27. The first kappa shape index (κ1) is 14.8. The molecule has 1 unspecified atom stereocenters. The van der Waals surface area contributed by atoms with Crippen LogP contribution in [0.15, 0.2) is 0 Å². The Morgan fingerprint density at radius 2 is 1.74 bits per heavy atom. The average Bonchev–Trinajstić information content (AvgIpc) is 2.87. The first-order chi connectivity index (χ1) is 8.99. The summed E-state index contributed by atoms with van der Waals surface area (Å²) in [6, 6.07) is 1.17. The molecule has 110 valence electrons. The summed E-state index contributed by atoms with van der Waals surface area (Å²) < 4.78 is 0. The Kier molecular flexibility index (Phi) is 4.85. The van der Waals surface area contributed by atoms with Crippen LogP contribution < -0.4 is 0 Å². The Bertz CT molecular complexity index is 309. The van der Waals surface area contributed by atoms with Crippen molar-refractivity contribution < 1.29 is 4.79 Å². The minimum absolute atomic E-state index is 0.274. The number of likely N-dealkylation sites (N-methyl/N-ethyl adjacent to an activating group) is 1. The maximum absolute atomic E-state index is 12.5. The molecule has 0 aromatic carbocycles. The van der Waals surface area contributed by atoms with Gasteiger partial charge in [-0.1, -0.05) is 0 Å². The SMILES string of the molecule is CC(C)N1CCC(C(=O)N2CCC(N(C)C)C2)CC1. The van der Waals surface area contributed by atoms with Gasteiger partial charge < -0.3 is 14.7 Å². The molecule has 2 heterocycles. The predicted molar refractivity (Wildman–Crippen MR) is 78.1 cm³/mol. The number of nitrogens with zero attached hydrogens (tertiary/aromatic N) is 3. The number of likely N-dealkylation sites (tertiary alicyclic amines) is 2. The smallest absolute Gasteiger partial charge is 0.225 e. The van der Waals surface area contributed by atoms with E-state index in [0.29, 0.717) is 18.0 Å². The first-order valence-corrected chi connectivity index (χ1v) is 7.68. The van der Waals surface area contributed by atoms with Crippen LogP contribution in [0, 0.1) is 5.92 Å². The van der Waals surface area contributed by atoms with Crippen LogP contribution in [0.25, 0.3) is 0 Å². The molecule has 2 rings (SSSR count).